The molecule has 2 aromatic carbocycles. The number of ether oxygens (including phenoxy) is 4. The second-order valence-electron chi connectivity index (χ2n) is 14.3. The molecule has 0 fully saturated rings. The molecule has 18 N–H and O–H groups in total. The van der Waals surface area contributed by atoms with Crippen molar-refractivity contribution in [1.82, 2.24) is 9.97 Å². The van der Waals surface area contributed by atoms with Crippen LogP contribution in [0.1, 0.15) is 83.5 Å². The Morgan fingerprint density at radius 2 is 0.750 bits per heavy atom. The van der Waals surface area contributed by atoms with Gasteiger partial charge in [-0.3, -0.25) is 29.6 Å². The Kier molecular flexibility index (Phi) is 21.8. The number of aliphatic imine (C=N–C) groups is 4. The van der Waals surface area contributed by atoms with Crippen molar-refractivity contribution in [2.45, 2.75) is 63.7 Å². The number of anilines is 2. The number of alkyl halides is 6. The van der Waals surface area contributed by atoms with Gasteiger partial charge in [0.25, 0.3) is 11.8 Å². The molecule has 0 saturated carbocycles. The lowest BCUT2D eigenvalue weighted by molar-refractivity contribution is -0.139. The molecule has 0 unspecified atom stereocenters. The highest BCUT2D eigenvalue weighted by Gasteiger charge is 2.37. The van der Waals surface area contributed by atoms with Crippen LogP contribution in [0.5, 0.6) is 23.0 Å². The first-order valence-electron chi connectivity index (χ1n) is 20.8. The van der Waals surface area contributed by atoms with Crippen molar-refractivity contribution in [2.75, 3.05) is 63.2 Å². The lowest BCUT2D eigenvalue weighted by atomic mass is 10.1. The summed E-state index contributed by atoms with van der Waals surface area (Å²) in [7, 11) is 0. The smallest absolute Gasteiger partial charge is 0.420 e. The number of amides is 2. The quantitative estimate of drug-likeness (QED) is 0.0216. The fraction of sp³-hybridized carbons (Fsp3) is 0.450. The zero-order chi connectivity index (χ0) is 50.3. The Balaban J connectivity index is 1.94. The number of carbonyl (C=O) groups excluding carboxylic acids is 2. The van der Waals surface area contributed by atoms with Gasteiger partial charge < -0.3 is 75.5 Å². The van der Waals surface area contributed by atoms with Crippen LogP contribution < -0.4 is 75.5 Å². The van der Waals surface area contributed by atoms with Crippen LogP contribution in [0.2, 0.25) is 0 Å². The normalized spacial score (nSPS) is 11.1. The van der Waals surface area contributed by atoms with Crippen molar-refractivity contribution in [1.29, 1.82) is 0 Å². The number of unbranched alkanes of at least 4 members (excludes halogenated alkanes) is 4. The van der Waals surface area contributed by atoms with E-state index < -0.39 is 69.6 Å². The molecule has 374 valence electrons. The zero-order valence-corrected chi connectivity index (χ0v) is 36.8. The Labute approximate surface area is 386 Å². The third-order valence-corrected chi connectivity index (χ3v) is 8.82. The molecule has 0 spiro atoms. The van der Waals surface area contributed by atoms with E-state index in [0.29, 0.717) is 50.7 Å². The summed E-state index contributed by atoms with van der Waals surface area (Å²) in [4.78, 5) is 50.3. The van der Waals surface area contributed by atoms with Crippen molar-refractivity contribution in [3.05, 3.63) is 59.2 Å². The molecule has 1 aromatic heterocycles. The number of rotatable bonds is 28. The molecule has 68 heavy (non-hydrogen) atoms. The number of benzene rings is 2. The van der Waals surface area contributed by atoms with E-state index in [1.54, 1.807) is 0 Å². The monoisotopic (exact) mass is 970 g/mol. The van der Waals surface area contributed by atoms with E-state index in [0.717, 1.165) is 24.5 Å². The molecule has 0 aliphatic rings. The topological polar surface area (TPSA) is 378 Å². The second kappa shape index (κ2) is 27.1. The van der Waals surface area contributed by atoms with Gasteiger partial charge in [0.1, 0.15) is 40.7 Å². The SMILES string of the molecule is NC(N)=NCCCCOc1cc(OCCCCN=C(N)N)c(C(F)(F)F)cc1NC(=O)c1cc(C(=O)Nc2cc(C(F)(F)F)c(OCCCCN=C(N)N)cc2OCCCCN=C(N)N)ncn1. The molecule has 28 heteroatoms. The first-order chi connectivity index (χ1) is 32.1. The van der Waals surface area contributed by atoms with E-state index in [2.05, 4.69) is 40.6 Å². The number of nitrogens with two attached hydrogens (primary N) is 8. The van der Waals surface area contributed by atoms with Crippen molar-refractivity contribution < 1.29 is 54.9 Å². The summed E-state index contributed by atoms with van der Waals surface area (Å²) in [6.45, 7) is 0.474. The van der Waals surface area contributed by atoms with E-state index in [1.807, 2.05) is 0 Å². The van der Waals surface area contributed by atoms with Crippen molar-refractivity contribution in [2.24, 2.45) is 65.8 Å². The minimum Gasteiger partial charge on any atom is -0.493 e. The summed E-state index contributed by atoms with van der Waals surface area (Å²) in [6.07, 6.45) is -6.29. The zero-order valence-electron chi connectivity index (χ0n) is 36.8. The highest BCUT2D eigenvalue weighted by atomic mass is 19.4. The molecule has 1 heterocycles. The largest absolute Gasteiger partial charge is 0.493 e. The highest BCUT2D eigenvalue weighted by Crippen LogP contribution is 2.44. The lowest BCUT2D eigenvalue weighted by Crippen LogP contribution is -2.23. The number of hydrogen-bond donors (Lipinski definition) is 10. The molecular weight excluding hydrogens is 915 g/mol. The van der Waals surface area contributed by atoms with Gasteiger partial charge in [-0.2, -0.15) is 26.3 Å². The molecule has 0 aliphatic carbocycles. The van der Waals surface area contributed by atoms with Crippen LogP contribution in [0.25, 0.3) is 0 Å². The molecule has 0 radical (unpaired) electrons. The number of aromatic nitrogens is 2. The molecule has 22 nitrogen and oxygen atoms in total. The maximum Gasteiger partial charge on any atom is 0.420 e. The van der Waals surface area contributed by atoms with E-state index in [4.69, 9.17) is 64.8 Å². The predicted molar refractivity (Wildman–Crippen MR) is 242 cm³/mol. The Hall–Kier alpha value is -7.68. The minimum atomic E-state index is -4.98. The van der Waals surface area contributed by atoms with Gasteiger partial charge in [-0.1, -0.05) is 0 Å². The number of nitrogens with zero attached hydrogens (tertiary/aromatic N) is 6. The number of halogens is 6. The fourth-order valence-corrected chi connectivity index (χ4v) is 5.63. The molecule has 3 rings (SSSR count). The fourth-order valence-electron chi connectivity index (χ4n) is 5.63. The predicted octanol–water partition coefficient (Wildman–Crippen LogP) is 2.75. The standard InChI is InChI=1S/C40H56F6N16O6/c41-39(42,43)23-17-25(31(67-15-7-3-11-57-37(51)52)20-29(23)65-13-5-1-9-55-35(47)48)61-33(63)27-19-28(60-22-59-27)34(64)62-26-18-24(40(44,45)46)30(66-14-6-2-10-56-36(49)50)21-32(26)68-16-8-4-12-58-38(53)54/h17-22H,1-16H2,(H,61,63)(H,62,64)(H4,47,48,55)(H4,49,50,56)(H4,51,52,57)(H4,53,54,58). The summed E-state index contributed by atoms with van der Waals surface area (Å²) in [5.41, 5.74) is 38.2. The first kappa shape index (κ1) is 54.7. The lowest BCUT2D eigenvalue weighted by Gasteiger charge is -2.20. The van der Waals surface area contributed by atoms with Crippen LogP contribution in [0, 0.1) is 0 Å². The molecular formula is C40H56F6N16O6. The van der Waals surface area contributed by atoms with Crippen LogP contribution in [0.4, 0.5) is 37.7 Å². The van der Waals surface area contributed by atoms with E-state index in [-0.39, 0.29) is 101 Å². The van der Waals surface area contributed by atoms with Crippen LogP contribution in [0.3, 0.4) is 0 Å². The number of nitrogens with one attached hydrogen (secondary N) is 2. The van der Waals surface area contributed by atoms with Gasteiger partial charge in [0.05, 0.1) is 48.9 Å². The maximum absolute atomic E-state index is 14.4. The van der Waals surface area contributed by atoms with Crippen molar-refractivity contribution in [3.63, 3.8) is 0 Å². The Bertz CT molecular complexity index is 2090. The van der Waals surface area contributed by atoms with Gasteiger partial charge in [-0.15, -0.1) is 0 Å². The number of hydrogen-bond acceptors (Lipinski definition) is 12. The second-order valence-corrected chi connectivity index (χ2v) is 14.3. The van der Waals surface area contributed by atoms with Gasteiger partial charge in [-0.25, -0.2) is 9.97 Å². The Morgan fingerprint density at radius 3 is 1.03 bits per heavy atom. The van der Waals surface area contributed by atoms with Crippen LogP contribution in [-0.2, 0) is 12.4 Å². The third kappa shape index (κ3) is 19.8. The van der Waals surface area contributed by atoms with Gasteiger partial charge in [0.2, 0.25) is 0 Å². The molecule has 0 saturated heterocycles. The average molecular weight is 971 g/mol. The van der Waals surface area contributed by atoms with Gasteiger partial charge in [0.15, 0.2) is 23.8 Å². The van der Waals surface area contributed by atoms with Crippen molar-refractivity contribution in [3.8, 4) is 23.0 Å². The summed E-state index contributed by atoms with van der Waals surface area (Å²) in [6, 6.07) is 4.02. The van der Waals surface area contributed by atoms with Crippen molar-refractivity contribution >= 4 is 47.0 Å². The summed E-state index contributed by atoms with van der Waals surface area (Å²) in [5.74, 6) is -4.45. The maximum atomic E-state index is 14.4. The first-order valence-corrected chi connectivity index (χ1v) is 20.8. The van der Waals surface area contributed by atoms with E-state index >= 15 is 0 Å². The van der Waals surface area contributed by atoms with Crippen LogP contribution in [0.15, 0.2) is 56.6 Å². The minimum absolute atomic E-state index is 0.0580. The van der Waals surface area contributed by atoms with Gasteiger partial charge in [0, 0.05) is 44.4 Å². The van der Waals surface area contributed by atoms with Gasteiger partial charge >= 0.3 is 12.4 Å². The highest BCUT2D eigenvalue weighted by molar-refractivity contribution is 6.07. The molecule has 0 atom stereocenters. The summed E-state index contributed by atoms with van der Waals surface area (Å²) >= 11 is 0. The summed E-state index contributed by atoms with van der Waals surface area (Å²) < 4.78 is 109. The van der Waals surface area contributed by atoms with Crippen LogP contribution >= 0.6 is 0 Å². The van der Waals surface area contributed by atoms with E-state index in [9.17, 15) is 35.9 Å². The number of carbonyl (C=O) groups is 2. The summed E-state index contributed by atoms with van der Waals surface area (Å²) in [5, 5.41) is 4.65. The molecule has 3 aromatic rings. The molecule has 0 bridgehead atoms. The van der Waals surface area contributed by atoms with E-state index in [1.165, 1.54) is 0 Å². The average Bonchev–Trinajstić information content (AvgIpc) is 3.25. The number of guanidine groups is 4. The molecule has 2 amide bonds. The Morgan fingerprint density at radius 1 is 0.456 bits per heavy atom. The molecule has 0 aliphatic heterocycles. The van der Waals surface area contributed by atoms with Gasteiger partial charge in [-0.05, 0) is 63.5 Å². The third-order valence-electron chi connectivity index (χ3n) is 8.82. The van der Waals surface area contributed by atoms with Crippen LogP contribution in [-0.4, -0.2) is 98.2 Å².